The fourth-order valence-corrected chi connectivity index (χ4v) is 2.15. The molecule has 0 fully saturated rings. The fraction of sp³-hybridized carbons (Fsp3) is 0.0909. The summed E-state index contributed by atoms with van der Waals surface area (Å²) in [5, 5.41) is 19.3. The maximum absolute atomic E-state index is 11.1. The lowest BCUT2D eigenvalue weighted by molar-refractivity contribution is 0.101. The molecular weight excluding hydrogens is 226 g/mol. The average molecular weight is 235 g/mol. The van der Waals surface area contributed by atoms with Crippen molar-refractivity contribution in [3.05, 3.63) is 29.1 Å². The molecule has 1 heterocycles. The van der Waals surface area contributed by atoms with E-state index >= 15 is 0 Å². The number of hydrogen-bond acceptors (Lipinski definition) is 5. The minimum absolute atomic E-state index is 0.122. The van der Waals surface area contributed by atoms with Crippen molar-refractivity contribution >= 4 is 17.1 Å². The zero-order chi connectivity index (χ0) is 11.7. The van der Waals surface area contributed by atoms with Crippen LogP contribution >= 0.6 is 11.3 Å². The first-order valence-electron chi connectivity index (χ1n) is 4.58. The fourth-order valence-electron chi connectivity index (χ4n) is 1.30. The van der Waals surface area contributed by atoms with Gasteiger partial charge in [0.2, 0.25) is 5.88 Å². The minimum atomic E-state index is -0.254. The Morgan fingerprint density at radius 3 is 2.69 bits per heavy atom. The summed E-state index contributed by atoms with van der Waals surface area (Å²) < 4.78 is 0. The number of hydrogen-bond donors (Lipinski definition) is 2. The van der Waals surface area contributed by atoms with E-state index in [-0.39, 0.29) is 22.3 Å². The molecule has 1 aromatic carbocycles. The molecule has 1 aromatic heterocycles. The van der Waals surface area contributed by atoms with Gasteiger partial charge in [0, 0.05) is 12.5 Å². The molecule has 0 amide bonds. The first kappa shape index (κ1) is 10.6. The Bertz CT molecular complexity index is 548. The van der Waals surface area contributed by atoms with Crippen LogP contribution in [0.15, 0.2) is 24.3 Å². The van der Waals surface area contributed by atoms with Crippen molar-refractivity contribution in [2.75, 3.05) is 0 Å². The highest BCUT2D eigenvalue weighted by Gasteiger charge is 2.15. The molecule has 0 saturated heterocycles. The number of aromatic nitrogens is 1. The number of carbonyl (C=O) groups is 1. The second-order valence-corrected chi connectivity index (χ2v) is 4.28. The predicted molar refractivity (Wildman–Crippen MR) is 60.9 cm³/mol. The van der Waals surface area contributed by atoms with Crippen LogP contribution in [-0.4, -0.2) is 21.0 Å². The van der Waals surface area contributed by atoms with Gasteiger partial charge in [-0.25, -0.2) is 4.98 Å². The molecule has 2 N–H and O–H groups in total. The number of carbonyl (C=O) groups excluding carboxylic acids is 1. The Morgan fingerprint density at radius 1 is 1.38 bits per heavy atom. The molecule has 0 aliphatic carbocycles. The molecule has 16 heavy (non-hydrogen) atoms. The van der Waals surface area contributed by atoms with Crippen molar-refractivity contribution in [2.45, 2.75) is 6.92 Å². The number of phenolic OH excluding ortho intramolecular Hbond substituents is 1. The van der Waals surface area contributed by atoms with Gasteiger partial charge in [-0.3, -0.25) is 4.79 Å². The normalized spacial score (nSPS) is 10.3. The van der Waals surface area contributed by atoms with Crippen molar-refractivity contribution < 1.29 is 15.0 Å². The van der Waals surface area contributed by atoms with Gasteiger partial charge in [0.25, 0.3) is 0 Å². The Hall–Kier alpha value is -1.88. The van der Waals surface area contributed by atoms with E-state index in [2.05, 4.69) is 4.98 Å². The number of aromatic hydroxyl groups is 2. The smallest absolute Gasteiger partial charge is 0.233 e. The largest absolute Gasteiger partial charge is 0.508 e. The highest BCUT2D eigenvalue weighted by molar-refractivity contribution is 7.17. The molecule has 5 heteroatoms. The molecule has 0 atom stereocenters. The van der Waals surface area contributed by atoms with Crippen LogP contribution in [0.2, 0.25) is 0 Å². The monoisotopic (exact) mass is 235 g/mol. The van der Waals surface area contributed by atoms with Crippen molar-refractivity contribution in [2.24, 2.45) is 0 Å². The van der Waals surface area contributed by atoms with Crippen LogP contribution in [0, 0.1) is 0 Å². The Morgan fingerprint density at radius 2 is 2.12 bits per heavy atom. The summed E-state index contributed by atoms with van der Waals surface area (Å²) in [5.41, 5.74) is 0.674. The molecule has 2 rings (SSSR count). The molecule has 0 unspecified atom stereocenters. The van der Waals surface area contributed by atoms with E-state index in [9.17, 15) is 15.0 Å². The summed E-state index contributed by atoms with van der Waals surface area (Å²) in [6, 6.07) is 6.50. The maximum atomic E-state index is 11.1. The van der Waals surface area contributed by atoms with E-state index in [4.69, 9.17) is 0 Å². The third-order valence-electron chi connectivity index (χ3n) is 2.02. The van der Waals surface area contributed by atoms with Gasteiger partial charge in [-0.05, 0) is 12.1 Å². The van der Waals surface area contributed by atoms with E-state index in [1.165, 1.54) is 13.0 Å². The van der Waals surface area contributed by atoms with Gasteiger partial charge in [-0.2, -0.15) is 0 Å². The summed E-state index contributed by atoms with van der Waals surface area (Å²) in [7, 11) is 0. The van der Waals surface area contributed by atoms with Crippen molar-refractivity contribution in [3.8, 4) is 22.2 Å². The number of benzene rings is 1. The number of nitrogens with zero attached hydrogens (tertiary/aromatic N) is 1. The van der Waals surface area contributed by atoms with Crippen LogP contribution in [0.4, 0.5) is 0 Å². The second-order valence-electron chi connectivity index (χ2n) is 3.28. The van der Waals surface area contributed by atoms with Gasteiger partial charge in [0.05, 0.1) is 0 Å². The molecule has 0 spiro atoms. The van der Waals surface area contributed by atoms with Gasteiger partial charge in [-0.15, -0.1) is 11.3 Å². The number of thiazole rings is 1. The van der Waals surface area contributed by atoms with Gasteiger partial charge >= 0.3 is 0 Å². The third kappa shape index (κ3) is 1.90. The summed E-state index contributed by atoms with van der Waals surface area (Å²) >= 11 is 1.11. The molecular formula is C11H9NO3S. The minimum Gasteiger partial charge on any atom is -0.508 e. The summed E-state index contributed by atoms with van der Waals surface area (Å²) in [6.07, 6.45) is 0. The summed E-state index contributed by atoms with van der Waals surface area (Å²) in [6.45, 7) is 1.37. The maximum Gasteiger partial charge on any atom is 0.233 e. The van der Waals surface area contributed by atoms with Crippen molar-refractivity contribution in [3.63, 3.8) is 0 Å². The molecule has 0 aliphatic heterocycles. The predicted octanol–water partition coefficient (Wildman–Crippen LogP) is 2.42. The Balaban J connectivity index is 2.49. The van der Waals surface area contributed by atoms with Gasteiger partial charge in [-0.1, -0.05) is 12.1 Å². The van der Waals surface area contributed by atoms with E-state index in [0.717, 1.165) is 11.3 Å². The van der Waals surface area contributed by atoms with E-state index in [0.29, 0.717) is 10.6 Å². The quantitative estimate of drug-likeness (QED) is 0.784. The molecule has 2 aromatic rings. The average Bonchev–Trinajstić information content (AvgIpc) is 2.60. The number of Topliss-reactive ketones (excluding diaryl/α,β-unsaturated/α-hetero) is 1. The summed E-state index contributed by atoms with van der Waals surface area (Å²) in [4.78, 5) is 15.3. The van der Waals surface area contributed by atoms with Crippen molar-refractivity contribution in [1.82, 2.24) is 4.98 Å². The van der Waals surface area contributed by atoms with Gasteiger partial charge < -0.3 is 10.2 Å². The molecule has 0 radical (unpaired) electrons. The highest BCUT2D eigenvalue weighted by Crippen LogP contribution is 2.33. The van der Waals surface area contributed by atoms with Crippen LogP contribution in [0.3, 0.4) is 0 Å². The highest BCUT2D eigenvalue weighted by atomic mass is 32.1. The first-order chi connectivity index (χ1) is 7.58. The van der Waals surface area contributed by atoms with Gasteiger partial charge in [0.1, 0.15) is 15.6 Å². The third-order valence-corrected chi connectivity index (χ3v) is 3.22. The zero-order valence-electron chi connectivity index (χ0n) is 8.47. The second kappa shape index (κ2) is 3.94. The molecule has 82 valence electrons. The summed E-state index contributed by atoms with van der Waals surface area (Å²) in [5.74, 6) is -0.353. The van der Waals surface area contributed by atoms with E-state index < -0.39 is 0 Å². The standard InChI is InChI=1S/C11H9NO3S/c1-6(13)9-10(15)12-11(16-9)7-3-2-4-8(14)5-7/h2-5,14-15H,1H3. The lowest BCUT2D eigenvalue weighted by Gasteiger charge is -1.95. The topological polar surface area (TPSA) is 70.4 Å². The van der Waals surface area contributed by atoms with Crippen LogP contribution < -0.4 is 0 Å². The first-order valence-corrected chi connectivity index (χ1v) is 5.39. The molecule has 0 bridgehead atoms. The van der Waals surface area contributed by atoms with Crippen LogP contribution in [-0.2, 0) is 0 Å². The zero-order valence-corrected chi connectivity index (χ0v) is 9.28. The molecule has 0 aliphatic rings. The lowest BCUT2D eigenvalue weighted by atomic mass is 10.2. The lowest BCUT2D eigenvalue weighted by Crippen LogP contribution is -1.85. The SMILES string of the molecule is CC(=O)c1sc(-c2cccc(O)c2)nc1O. The van der Waals surface area contributed by atoms with Crippen LogP contribution in [0.25, 0.3) is 10.6 Å². The Kier molecular flexibility index (Phi) is 2.62. The number of phenols is 1. The van der Waals surface area contributed by atoms with E-state index in [1.807, 2.05) is 0 Å². The van der Waals surface area contributed by atoms with E-state index in [1.54, 1.807) is 18.2 Å². The molecule has 0 saturated carbocycles. The van der Waals surface area contributed by atoms with Crippen molar-refractivity contribution in [1.29, 1.82) is 0 Å². The Labute approximate surface area is 95.8 Å². The van der Waals surface area contributed by atoms with Crippen LogP contribution in [0.1, 0.15) is 16.6 Å². The number of rotatable bonds is 2. The van der Waals surface area contributed by atoms with Gasteiger partial charge in [0.15, 0.2) is 5.78 Å². The number of ketones is 1. The van der Waals surface area contributed by atoms with Crippen LogP contribution in [0.5, 0.6) is 11.6 Å². The molecule has 4 nitrogen and oxygen atoms in total.